The molecule has 6 nitrogen and oxygen atoms in total. The number of rotatable bonds is 8. The molecule has 21 heavy (non-hydrogen) atoms. The smallest absolute Gasteiger partial charge is 0.191 e. The van der Waals surface area contributed by atoms with Crippen LogP contribution in [0.15, 0.2) is 23.7 Å². The van der Waals surface area contributed by atoms with Crippen LogP contribution in [0, 0.1) is 5.41 Å². The summed E-state index contributed by atoms with van der Waals surface area (Å²) in [6.07, 6.45) is 10.6. The Balaban J connectivity index is 1.69. The van der Waals surface area contributed by atoms with Crippen LogP contribution < -0.4 is 10.6 Å². The van der Waals surface area contributed by atoms with Gasteiger partial charge in [0.15, 0.2) is 5.96 Å². The van der Waals surface area contributed by atoms with Crippen molar-refractivity contribution >= 4 is 5.96 Å². The van der Waals surface area contributed by atoms with Gasteiger partial charge in [-0.25, -0.2) is 4.98 Å². The molecule has 1 fully saturated rings. The zero-order valence-corrected chi connectivity index (χ0v) is 13.1. The van der Waals surface area contributed by atoms with E-state index in [1.54, 1.807) is 13.3 Å². The van der Waals surface area contributed by atoms with Crippen LogP contribution in [0.3, 0.4) is 0 Å². The minimum atomic E-state index is 0.401. The van der Waals surface area contributed by atoms with E-state index in [9.17, 15) is 0 Å². The van der Waals surface area contributed by atoms with Crippen molar-refractivity contribution in [2.24, 2.45) is 10.4 Å². The molecule has 0 saturated heterocycles. The van der Waals surface area contributed by atoms with Gasteiger partial charge in [0.2, 0.25) is 0 Å². The Labute approximate surface area is 127 Å². The molecule has 0 unspecified atom stereocenters. The first-order valence-corrected chi connectivity index (χ1v) is 7.67. The first kappa shape index (κ1) is 15.8. The summed E-state index contributed by atoms with van der Waals surface area (Å²) in [5.74, 6) is 0.874. The molecule has 2 N–H and O–H groups in total. The first-order valence-electron chi connectivity index (χ1n) is 7.67. The fraction of sp³-hybridized carbons (Fsp3) is 0.733. The van der Waals surface area contributed by atoms with E-state index in [-0.39, 0.29) is 0 Å². The Hall–Kier alpha value is -1.56. The van der Waals surface area contributed by atoms with Crippen LogP contribution in [-0.2, 0) is 11.3 Å². The lowest BCUT2D eigenvalue weighted by atomic mass is 9.67. The monoisotopic (exact) mass is 293 g/mol. The molecule has 0 atom stereocenters. The van der Waals surface area contributed by atoms with Crippen molar-refractivity contribution < 1.29 is 4.74 Å². The summed E-state index contributed by atoms with van der Waals surface area (Å²) in [7, 11) is 3.59. The van der Waals surface area contributed by atoms with Crippen LogP contribution in [-0.4, -0.2) is 49.4 Å². The summed E-state index contributed by atoms with van der Waals surface area (Å²) in [4.78, 5) is 8.32. The molecule has 0 aromatic carbocycles. The van der Waals surface area contributed by atoms with Gasteiger partial charge in [-0.2, -0.15) is 0 Å². The number of aliphatic imine (C=N–C) groups is 1. The predicted molar refractivity (Wildman–Crippen MR) is 84.4 cm³/mol. The van der Waals surface area contributed by atoms with Crippen LogP contribution in [0.2, 0.25) is 0 Å². The molecular formula is C15H27N5O. The maximum atomic E-state index is 5.23. The number of hydrogen-bond acceptors (Lipinski definition) is 3. The van der Waals surface area contributed by atoms with E-state index >= 15 is 0 Å². The summed E-state index contributed by atoms with van der Waals surface area (Å²) in [6, 6.07) is 0. The van der Waals surface area contributed by atoms with Crippen LogP contribution in [0.1, 0.15) is 25.7 Å². The highest BCUT2D eigenvalue weighted by atomic mass is 16.5. The highest BCUT2D eigenvalue weighted by Gasteiger charge is 2.36. The fourth-order valence-electron chi connectivity index (χ4n) is 2.72. The van der Waals surface area contributed by atoms with Gasteiger partial charge >= 0.3 is 0 Å². The largest absolute Gasteiger partial charge is 0.385 e. The number of methoxy groups -OCH3 is 1. The maximum absolute atomic E-state index is 5.23. The second-order valence-electron chi connectivity index (χ2n) is 5.75. The number of nitrogens with one attached hydrogen (secondary N) is 2. The summed E-state index contributed by atoms with van der Waals surface area (Å²) in [5.41, 5.74) is 0.401. The molecule has 1 aromatic heterocycles. The molecule has 0 radical (unpaired) electrons. The average molecular weight is 293 g/mol. The van der Waals surface area contributed by atoms with Gasteiger partial charge in [0.05, 0.1) is 6.33 Å². The van der Waals surface area contributed by atoms with Crippen molar-refractivity contribution in [3.05, 3.63) is 18.7 Å². The van der Waals surface area contributed by atoms with Gasteiger partial charge in [0.1, 0.15) is 0 Å². The lowest BCUT2D eigenvalue weighted by Crippen LogP contribution is -2.47. The zero-order chi connectivity index (χ0) is 15.0. The van der Waals surface area contributed by atoms with E-state index < -0.39 is 0 Å². The highest BCUT2D eigenvalue weighted by Crippen LogP contribution is 2.43. The molecule has 1 aliphatic carbocycles. The minimum absolute atomic E-state index is 0.401. The van der Waals surface area contributed by atoms with Crippen LogP contribution in [0.25, 0.3) is 0 Å². The maximum Gasteiger partial charge on any atom is 0.191 e. The van der Waals surface area contributed by atoms with Crippen LogP contribution >= 0.6 is 0 Å². The van der Waals surface area contributed by atoms with Crippen molar-refractivity contribution in [3.8, 4) is 0 Å². The Morgan fingerprint density at radius 1 is 1.43 bits per heavy atom. The lowest BCUT2D eigenvalue weighted by Gasteiger charge is -2.42. The second-order valence-corrected chi connectivity index (χ2v) is 5.75. The van der Waals surface area contributed by atoms with Crippen molar-refractivity contribution in [2.75, 3.05) is 33.9 Å². The lowest BCUT2D eigenvalue weighted by molar-refractivity contribution is 0.0732. The third-order valence-electron chi connectivity index (χ3n) is 4.33. The molecule has 0 amide bonds. The molecule has 0 spiro atoms. The molecule has 1 aliphatic rings. The van der Waals surface area contributed by atoms with Crippen molar-refractivity contribution in [2.45, 2.75) is 32.2 Å². The second kappa shape index (κ2) is 8.02. The predicted octanol–water partition coefficient (Wildman–Crippen LogP) is 1.25. The number of aromatic nitrogens is 2. The average Bonchev–Trinajstić information content (AvgIpc) is 2.97. The molecule has 0 aliphatic heterocycles. The summed E-state index contributed by atoms with van der Waals surface area (Å²) < 4.78 is 7.28. The quantitative estimate of drug-likeness (QED) is 0.559. The van der Waals surface area contributed by atoms with E-state index in [1.165, 1.54) is 19.3 Å². The Morgan fingerprint density at radius 2 is 2.29 bits per heavy atom. The van der Waals surface area contributed by atoms with Gasteiger partial charge in [0, 0.05) is 52.8 Å². The zero-order valence-electron chi connectivity index (χ0n) is 13.1. The normalized spacial score (nSPS) is 17.3. The van der Waals surface area contributed by atoms with Crippen LogP contribution in [0.5, 0.6) is 0 Å². The number of guanidine groups is 1. The number of imidazole rings is 1. The van der Waals surface area contributed by atoms with Gasteiger partial charge in [-0.3, -0.25) is 4.99 Å². The van der Waals surface area contributed by atoms with E-state index in [2.05, 4.69) is 20.6 Å². The minimum Gasteiger partial charge on any atom is -0.385 e. The van der Waals surface area contributed by atoms with Gasteiger partial charge in [-0.1, -0.05) is 6.42 Å². The van der Waals surface area contributed by atoms with E-state index in [0.717, 1.165) is 38.6 Å². The number of nitrogens with zero attached hydrogens (tertiary/aromatic N) is 3. The Bertz CT molecular complexity index is 425. The van der Waals surface area contributed by atoms with E-state index in [4.69, 9.17) is 4.74 Å². The standard InChI is InChI=1S/C15H27N5O/c1-16-14(18-8-10-20-9-7-17-13-20)19-12-15(4-3-5-15)6-11-21-2/h7,9,13H,3-6,8,10-12H2,1-2H3,(H2,16,18,19). The van der Waals surface area contributed by atoms with Gasteiger partial charge < -0.3 is 19.9 Å². The SMILES string of the molecule is CN=C(NCCn1ccnc1)NCC1(CCOC)CCC1. The Morgan fingerprint density at radius 3 is 2.86 bits per heavy atom. The molecule has 118 valence electrons. The third kappa shape index (κ3) is 4.74. The number of hydrogen-bond donors (Lipinski definition) is 2. The molecule has 6 heteroatoms. The molecule has 1 saturated carbocycles. The van der Waals surface area contributed by atoms with Crippen molar-refractivity contribution in [3.63, 3.8) is 0 Å². The van der Waals surface area contributed by atoms with E-state index in [1.807, 2.05) is 24.1 Å². The summed E-state index contributed by atoms with van der Waals surface area (Å²) in [5, 5.41) is 6.80. The van der Waals surface area contributed by atoms with Crippen LogP contribution in [0.4, 0.5) is 0 Å². The third-order valence-corrected chi connectivity index (χ3v) is 4.33. The summed E-state index contributed by atoms with van der Waals surface area (Å²) in [6.45, 7) is 3.53. The molecule has 1 aromatic rings. The van der Waals surface area contributed by atoms with Crippen molar-refractivity contribution in [1.29, 1.82) is 0 Å². The molecule has 0 bridgehead atoms. The summed E-state index contributed by atoms with van der Waals surface area (Å²) >= 11 is 0. The highest BCUT2D eigenvalue weighted by molar-refractivity contribution is 5.79. The fourth-order valence-corrected chi connectivity index (χ4v) is 2.72. The molecule has 2 rings (SSSR count). The Kier molecular flexibility index (Phi) is 6.04. The molecular weight excluding hydrogens is 266 g/mol. The topological polar surface area (TPSA) is 63.5 Å². The van der Waals surface area contributed by atoms with Gasteiger partial charge in [0.25, 0.3) is 0 Å². The van der Waals surface area contributed by atoms with Gasteiger partial charge in [-0.05, 0) is 24.7 Å². The van der Waals surface area contributed by atoms with Crippen molar-refractivity contribution in [1.82, 2.24) is 20.2 Å². The molecule has 1 heterocycles. The van der Waals surface area contributed by atoms with E-state index in [0.29, 0.717) is 5.41 Å². The number of ether oxygens (including phenoxy) is 1. The first-order chi connectivity index (χ1) is 10.3. The van der Waals surface area contributed by atoms with Gasteiger partial charge in [-0.15, -0.1) is 0 Å².